The SMILES string of the molecule is C=CC(=O)N1CCCC(Oc2nc(-c3n[nH]c(=O)[nH]3)cc3ccccc23)C1. The first-order valence-electron chi connectivity index (χ1n) is 8.77. The van der Waals surface area contributed by atoms with Gasteiger partial charge < -0.3 is 9.64 Å². The summed E-state index contributed by atoms with van der Waals surface area (Å²) in [5.41, 5.74) is 0.116. The fourth-order valence-corrected chi connectivity index (χ4v) is 3.29. The number of amides is 1. The molecule has 3 aromatic rings. The summed E-state index contributed by atoms with van der Waals surface area (Å²) in [6, 6.07) is 9.58. The lowest BCUT2D eigenvalue weighted by atomic mass is 10.1. The van der Waals surface area contributed by atoms with Gasteiger partial charge in [0.1, 0.15) is 11.8 Å². The molecule has 0 aliphatic carbocycles. The number of hydrogen-bond donors (Lipinski definition) is 2. The number of piperidine rings is 1. The molecule has 1 amide bonds. The van der Waals surface area contributed by atoms with Crippen molar-refractivity contribution in [2.24, 2.45) is 0 Å². The van der Waals surface area contributed by atoms with E-state index in [1.807, 2.05) is 30.3 Å². The number of carbonyl (C=O) groups is 1. The number of nitrogens with one attached hydrogen (secondary N) is 2. The summed E-state index contributed by atoms with van der Waals surface area (Å²) in [5, 5.41) is 8.09. The molecule has 8 nitrogen and oxygen atoms in total. The van der Waals surface area contributed by atoms with Crippen LogP contribution < -0.4 is 10.4 Å². The van der Waals surface area contributed by atoms with Gasteiger partial charge in [0.15, 0.2) is 5.82 Å². The number of aromatic nitrogens is 4. The quantitative estimate of drug-likeness (QED) is 0.687. The predicted octanol–water partition coefficient (Wildman–Crippen LogP) is 1.87. The molecule has 2 N–H and O–H groups in total. The van der Waals surface area contributed by atoms with Gasteiger partial charge in [-0.05, 0) is 36.4 Å². The molecule has 1 fully saturated rings. The van der Waals surface area contributed by atoms with E-state index in [1.54, 1.807) is 4.90 Å². The van der Waals surface area contributed by atoms with Crippen molar-refractivity contribution < 1.29 is 9.53 Å². The minimum Gasteiger partial charge on any atom is -0.472 e. The van der Waals surface area contributed by atoms with Gasteiger partial charge in [-0.1, -0.05) is 24.8 Å². The lowest BCUT2D eigenvalue weighted by Crippen LogP contribution is -2.43. The number of ether oxygens (including phenoxy) is 1. The maximum absolute atomic E-state index is 11.9. The molecule has 1 unspecified atom stereocenters. The van der Waals surface area contributed by atoms with Crippen LogP contribution in [0.5, 0.6) is 5.88 Å². The Hall–Kier alpha value is -3.42. The topological polar surface area (TPSA) is 104 Å². The monoisotopic (exact) mass is 365 g/mol. The zero-order valence-corrected chi connectivity index (χ0v) is 14.6. The molecular formula is C19H19N5O3. The van der Waals surface area contributed by atoms with E-state index in [1.165, 1.54) is 6.08 Å². The van der Waals surface area contributed by atoms with Crippen LogP contribution in [-0.2, 0) is 4.79 Å². The number of rotatable bonds is 4. The first kappa shape index (κ1) is 17.0. The molecule has 0 bridgehead atoms. The van der Waals surface area contributed by atoms with Crippen molar-refractivity contribution in [2.75, 3.05) is 13.1 Å². The maximum atomic E-state index is 11.9. The number of H-pyrrole nitrogens is 2. The third kappa shape index (κ3) is 3.46. The third-order valence-electron chi connectivity index (χ3n) is 4.59. The Morgan fingerprint density at radius 2 is 2.22 bits per heavy atom. The largest absolute Gasteiger partial charge is 0.472 e. The van der Waals surface area contributed by atoms with Gasteiger partial charge in [-0.15, -0.1) is 0 Å². The number of benzene rings is 1. The van der Waals surface area contributed by atoms with Gasteiger partial charge in [-0.3, -0.25) is 9.78 Å². The van der Waals surface area contributed by atoms with Gasteiger partial charge in [-0.2, -0.15) is 5.10 Å². The average molecular weight is 365 g/mol. The highest BCUT2D eigenvalue weighted by molar-refractivity contribution is 5.89. The Bertz CT molecular complexity index is 1050. The van der Waals surface area contributed by atoms with Crippen molar-refractivity contribution in [1.29, 1.82) is 0 Å². The van der Waals surface area contributed by atoms with Crippen LogP contribution in [0.1, 0.15) is 12.8 Å². The summed E-state index contributed by atoms with van der Waals surface area (Å²) in [5.74, 6) is 0.719. The summed E-state index contributed by atoms with van der Waals surface area (Å²) >= 11 is 0. The Labute approximate surface area is 154 Å². The van der Waals surface area contributed by atoms with E-state index in [0.29, 0.717) is 30.5 Å². The second kappa shape index (κ2) is 7.06. The summed E-state index contributed by atoms with van der Waals surface area (Å²) in [7, 11) is 0. The van der Waals surface area contributed by atoms with Gasteiger partial charge >= 0.3 is 5.69 Å². The number of pyridine rings is 1. The molecule has 1 atom stereocenters. The zero-order valence-electron chi connectivity index (χ0n) is 14.6. The number of likely N-dealkylation sites (tertiary alicyclic amines) is 1. The molecule has 1 aliphatic rings. The predicted molar refractivity (Wildman–Crippen MR) is 100 cm³/mol. The van der Waals surface area contributed by atoms with Crippen LogP contribution in [0.4, 0.5) is 0 Å². The van der Waals surface area contributed by atoms with E-state index in [0.717, 1.165) is 23.6 Å². The molecule has 8 heteroatoms. The number of aromatic amines is 2. The number of nitrogens with zero attached hydrogens (tertiary/aromatic N) is 3. The summed E-state index contributed by atoms with van der Waals surface area (Å²) in [6.07, 6.45) is 2.85. The summed E-state index contributed by atoms with van der Waals surface area (Å²) in [4.78, 5) is 32.2. The third-order valence-corrected chi connectivity index (χ3v) is 4.59. The first-order valence-corrected chi connectivity index (χ1v) is 8.77. The number of fused-ring (bicyclic) bond motifs is 1. The fourth-order valence-electron chi connectivity index (χ4n) is 3.29. The highest BCUT2D eigenvalue weighted by Crippen LogP contribution is 2.29. The second-order valence-corrected chi connectivity index (χ2v) is 6.43. The van der Waals surface area contributed by atoms with Crippen molar-refractivity contribution in [3.63, 3.8) is 0 Å². The highest BCUT2D eigenvalue weighted by Gasteiger charge is 2.25. The van der Waals surface area contributed by atoms with E-state index in [9.17, 15) is 9.59 Å². The molecule has 1 aromatic carbocycles. The Morgan fingerprint density at radius 3 is 3.00 bits per heavy atom. The number of hydrogen-bond acceptors (Lipinski definition) is 5. The van der Waals surface area contributed by atoms with Crippen LogP contribution in [0.3, 0.4) is 0 Å². The van der Waals surface area contributed by atoms with Crippen LogP contribution >= 0.6 is 0 Å². The van der Waals surface area contributed by atoms with Gasteiger partial charge in [0, 0.05) is 11.9 Å². The van der Waals surface area contributed by atoms with Crippen LogP contribution in [0.15, 0.2) is 47.8 Å². The smallest absolute Gasteiger partial charge is 0.340 e. The van der Waals surface area contributed by atoms with Crippen molar-refractivity contribution in [2.45, 2.75) is 18.9 Å². The molecule has 3 heterocycles. The van der Waals surface area contributed by atoms with Crippen molar-refractivity contribution in [3.8, 4) is 17.4 Å². The minimum absolute atomic E-state index is 0.0936. The van der Waals surface area contributed by atoms with Gasteiger partial charge in [-0.25, -0.2) is 14.9 Å². The van der Waals surface area contributed by atoms with E-state index >= 15 is 0 Å². The van der Waals surface area contributed by atoms with Crippen LogP contribution in [0.2, 0.25) is 0 Å². The van der Waals surface area contributed by atoms with Gasteiger partial charge in [0.2, 0.25) is 11.8 Å². The summed E-state index contributed by atoms with van der Waals surface area (Å²) < 4.78 is 6.19. The van der Waals surface area contributed by atoms with Crippen molar-refractivity contribution >= 4 is 16.7 Å². The molecule has 0 radical (unpaired) electrons. The molecule has 2 aromatic heterocycles. The molecule has 4 rings (SSSR count). The summed E-state index contributed by atoms with van der Waals surface area (Å²) in [6.45, 7) is 4.74. The van der Waals surface area contributed by atoms with Crippen LogP contribution in [0.25, 0.3) is 22.3 Å². The Morgan fingerprint density at radius 1 is 1.37 bits per heavy atom. The molecular weight excluding hydrogens is 346 g/mol. The Balaban J connectivity index is 1.69. The van der Waals surface area contributed by atoms with Crippen molar-refractivity contribution in [1.82, 2.24) is 25.1 Å². The minimum atomic E-state index is -0.395. The Kier molecular flexibility index (Phi) is 4.45. The van der Waals surface area contributed by atoms with Gasteiger partial charge in [0.25, 0.3) is 0 Å². The van der Waals surface area contributed by atoms with E-state index < -0.39 is 5.69 Å². The first-order chi connectivity index (χ1) is 13.1. The van der Waals surface area contributed by atoms with E-state index in [2.05, 4.69) is 26.7 Å². The number of carbonyl (C=O) groups excluding carboxylic acids is 1. The molecule has 1 saturated heterocycles. The van der Waals surface area contributed by atoms with Crippen LogP contribution in [-0.4, -0.2) is 50.2 Å². The maximum Gasteiger partial charge on any atom is 0.340 e. The fraction of sp³-hybridized carbons (Fsp3) is 0.263. The highest BCUT2D eigenvalue weighted by atomic mass is 16.5. The molecule has 0 spiro atoms. The van der Waals surface area contributed by atoms with E-state index in [4.69, 9.17) is 4.74 Å². The molecule has 138 valence electrons. The lowest BCUT2D eigenvalue weighted by Gasteiger charge is -2.32. The molecule has 27 heavy (non-hydrogen) atoms. The normalized spacial score (nSPS) is 17.0. The molecule has 0 saturated carbocycles. The van der Waals surface area contributed by atoms with Gasteiger partial charge in [0.05, 0.1) is 6.54 Å². The van der Waals surface area contributed by atoms with E-state index in [-0.39, 0.29) is 12.0 Å². The second-order valence-electron chi connectivity index (χ2n) is 6.43. The lowest BCUT2D eigenvalue weighted by molar-refractivity contribution is -0.128. The van der Waals surface area contributed by atoms with Crippen LogP contribution in [0, 0.1) is 0 Å². The zero-order chi connectivity index (χ0) is 18.8. The average Bonchev–Trinajstić information content (AvgIpc) is 3.14. The van der Waals surface area contributed by atoms with Crippen molar-refractivity contribution in [3.05, 3.63) is 53.5 Å². The standard InChI is InChI=1S/C19H19N5O3/c1-2-16(25)24-9-5-7-13(11-24)27-18-14-8-4-3-6-12(14)10-15(20-18)17-21-19(26)23-22-17/h2-4,6,8,10,13H,1,5,7,9,11H2,(H2,21,22,23,26). The molecule has 1 aliphatic heterocycles.